The van der Waals surface area contributed by atoms with Gasteiger partial charge in [0.25, 0.3) is 5.56 Å². The Morgan fingerprint density at radius 2 is 2.07 bits per heavy atom. The molecule has 7 nitrogen and oxygen atoms in total. The monoisotopic (exact) mass is 378 g/mol. The summed E-state index contributed by atoms with van der Waals surface area (Å²) in [6.07, 6.45) is 5.51. The fraction of sp³-hybridized carbons (Fsp3) is 0.429. The first-order chi connectivity index (χ1) is 13.6. The maximum absolute atomic E-state index is 12.9. The van der Waals surface area contributed by atoms with Crippen LogP contribution in [0.15, 0.2) is 47.5 Å². The van der Waals surface area contributed by atoms with Gasteiger partial charge in [0.15, 0.2) is 11.6 Å². The van der Waals surface area contributed by atoms with Crippen LogP contribution in [0.1, 0.15) is 38.4 Å². The topological polar surface area (TPSA) is 79.7 Å². The van der Waals surface area contributed by atoms with E-state index in [4.69, 9.17) is 4.98 Å². The molecule has 7 heteroatoms. The summed E-state index contributed by atoms with van der Waals surface area (Å²) in [7, 11) is 0. The second-order valence-electron chi connectivity index (χ2n) is 7.80. The molecule has 3 heterocycles. The Kier molecular flexibility index (Phi) is 5.23. The third-order valence-electron chi connectivity index (χ3n) is 5.10. The lowest BCUT2D eigenvalue weighted by Crippen LogP contribution is -2.40. The normalized spacial score (nSPS) is 17.2. The number of hydrogen-bond donors (Lipinski definition) is 1. The van der Waals surface area contributed by atoms with Gasteiger partial charge in [0.05, 0.1) is 0 Å². The van der Waals surface area contributed by atoms with Gasteiger partial charge in [0, 0.05) is 43.5 Å². The molecule has 1 atom stereocenters. The molecule has 0 bridgehead atoms. The van der Waals surface area contributed by atoms with E-state index in [0.717, 1.165) is 37.3 Å². The molecule has 3 aromatic rings. The summed E-state index contributed by atoms with van der Waals surface area (Å²) in [6, 6.07) is 9.96. The maximum atomic E-state index is 12.9. The predicted octanol–water partition coefficient (Wildman–Crippen LogP) is 3.07. The minimum absolute atomic E-state index is 0.0144. The lowest BCUT2D eigenvalue weighted by molar-refractivity contribution is 0.479. The van der Waals surface area contributed by atoms with Crippen LogP contribution in [0.3, 0.4) is 0 Å². The molecule has 4 rings (SSSR count). The summed E-state index contributed by atoms with van der Waals surface area (Å²) in [5.41, 5.74) is 0.985. The molecule has 146 valence electrons. The summed E-state index contributed by atoms with van der Waals surface area (Å²) < 4.78 is 1.76. The quantitative estimate of drug-likeness (QED) is 0.738. The van der Waals surface area contributed by atoms with Crippen LogP contribution in [0.25, 0.3) is 11.4 Å². The van der Waals surface area contributed by atoms with Crippen molar-refractivity contribution in [3.63, 3.8) is 0 Å². The number of nitrogens with one attached hydrogen (secondary N) is 1. The van der Waals surface area contributed by atoms with Crippen molar-refractivity contribution < 1.29 is 0 Å². The Bertz CT molecular complexity index is 978. The van der Waals surface area contributed by atoms with Crippen LogP contribution in [0.2, 0.25) is 0 Å². The number of aromatic nitrogens is 5. The van der Waals surface area contributed by atoms with E-state index in [0.29, 0.717) is 24.1 Å². The zero-order valence-corrected chi connectivity index (χ0v) is 16.4. The van der Waals surface area contributed by atoms with Crippen molar-refractivity contribution in [2.24, 2.45) is 5.92 Å². The fourth-order valence-electron chi connectivity index (χ4n) is 3.76. The largest absolute Gasteiger partial charge is 0.351 e. The molecule has 1 N–H and O–H groups in total. The first-order valence-electron chi connectivity index (χ1n) is 9.90. The van der Waals surface area contributed by atoms with Gasteiger partial charge < -0.3 is 9.47 Å². The first-order valence-corrected chi connectivity index (χ1v) is 9.90. The number of aromatic amines is 1. The van der Waals surface area contributed by atoms with Crippen LogP contribution in [0, 0.1) is 5.92 Å². The first kappa shape index (κ1) is 18.4. The Morgan fingerprint density at radius 3 is 2.86 bits per heavy atom. The molecule has 1 fully saturated rings. The predicted molar refractivity (Wildman–Crippen MR) is 109 cm³/mol. The highest BCUT2D eigenvalue weighted by molar-refractivity contribution is 5.54. The summed E-state index contributed by atoms with van der Waals surface area (Å²) in [4.78, 5) is 24.1. The number of hydrogen-bond acceptors (Lipinski definition) is 5. The van der Waals surface area contributed by atoms with Gasteiger partial charge in [-0.2, -0.15) is 5.10 Å². The van der Waals surface area contributed by atoms with Gasteiger partial charge >= 0.3 is 0 Å². The molecule has 0 aliphatic carbocycles. The van der Waals surface area contributed by atoms with Crippen molar-refractivity contribution in [3.8, 4) is 11.4 Å². The fourth-order valence-corrected chi connectivity index (χ4v) is 3.76. The van der Waals surface area contributed by atoms with Crippen LogP contribution in [0.4, 0.5) is 5.82 Å². The number of rotatable bonds is 5. The molecular formula is C21H26N6O. The molecule has 1 saturated heterocycles. The van der Waals surface area contributed by atoms with E-state index in [1.807, 2.05) is 30.3 Å². The molecule has 1 aromatic carbocycles. The molecule has 0 saturated carbocycles. The van der Waals surface area contributed by atoms with Gasteiger partial charge in [0.2, 0.25) is 0 Å². The van der Waals surface area contributed by atoms with Gasteiger partial charge in [-0.1, -0.05) is 44.2 Å². The van der Waals surface area contributed by atoms with Crippen molar-refractivity contribution in [1.29, 1.82) is 0 Å². The average molecular weight is 378 g/mol. The molecular weight excluding hydrogens is 352 g/mol. The van der Waals surface area contributed by atoms with Crippen molar-refractivity contribution in [1.82, 2.24) is 24.7 Å². The smallest absolute Gasteiger partial charge is 0.293 e. The number of piperidine rings is 1. The van der Waals surface area contributed by atoms with Crippen LogP contribution in [-0.2, 0) is 6.54 Å². The Morgan fingerprint density at radius 1 is 1.25 bits per heavy atom. The van der Waals surface area contributed by atoms with Crippen LogP contribution in [0.5, 0.6) is 0 Å². The highest BCUT2D eigenvalue weighted by Crippen LogP contribution is 2.27. The molecule has 0 radical (unpaired) electrons. The maximum Gasteiger partial charge on any atom is 0.293 e. The highest BCUT2D eigenvalue weighted by Gasteiger charge is 2.26. The van der Waals surface area contributed by atoms with Crippen molar-refractivity contribution in [2.45, 2.75) is 39.2 Å². The third-order valence-corrected chi connectivity index (χ3v) is 5.10. The van der Waals surface area contributed by atoms with E-state index in [2.05, 4.69) is 33.9 Å². The van der Waals surface area contributed by atoms with Gasteiger partial charge in [-0.3, -0.25) is 9.89 Å². The molecule has 0 amide bonds. The standard InChI is InChI=1S/C21H26N6O/c1-15(2)13-27-12-10-22-20(21(27)28)26-11-6-9-17(14-26)19-23-18(24-25-19)16-7-4-3-5-8-16/h3-5,7-8,10,12,15,17H,6,9,11,13-14H2,1-2H3,(H,23,24,25)/t17-/m1/s1. The Labute approximate surface area is 164 Å². The molecule has 0 spiro atoms. The number of anilines is 1. The van der Waals surface area contributed by atoms with E-state index in [1.54, 1.807) is 17.0 Å². The second kappa shape index (κ2) is 7.96. The summed E-state index contributed by atoms with van der Waals surface area (Å²) in [5.74, 6) is 2.74. The zero-order chi connectivity index (χ0) is 19.5. The van der Waals surface area contributed by atoms with Crippen molar-refractivity contribution in [3.05, 3.63) is 58.9 Å². The molecule has 1 aliphatic rings. The van der Waals surface area contributed by atoms with Crippen LogP contribution < -0.4 is 10.5 Å². The van der Waals surface area contributed by atoms with E-state index in [1.165, 1.54) is 0 Å². The molecule has 28 heavy (non-hydrogen) atoms. The van der Waals surface area contributed by atoms with Crippen molar-refractivity contribution >= 4 is 5.82 Å². The summed E-state index contributed by atoms with van der Waals surface area (Å²) in [6.45, 7) is 6.48. The average Bonchev–Trinajstić information content (AvgIpc) is 3.20. The number of nitrogens with zero attached hydrogens (tertiary/aromatic N) is 5. The SMILES string of the molecule is CC(C)Cn1ccnc(N2CCC[C@@H](c3nc(-c4ccccc4)n[nH]3)C2)c1=O. The van der Waals surface area contributed by atoms with Gasteiger partial charge in [0.1, 0.15) is 5.82 Å². The minimum atomic E-state index is -0.0144. The molecule has 1 aliphatic heterocycles. The lowest BCUT2D eigenvalue weighted by atomic mass is 9.97. The van der Waals surface area contributed by atoms with Crippen molar-refractivity contribution in [2.75, 3.05) is 18.0 Å². The van der Waals surface area contributed by atoms with E-state index in [-0.39, 0.29) is 11.5 Å². The van der Waals surface area contributed by atoms with Gasteiger partial charge in [-0.25, -0.2) is 9.97 Å². The van der Waals surface area contributed by atoms with E-state index < -0.39 is 0 Å². The lowest BCUT2D eigenvalue weighted by Gasteiger charge is -2.32. The van der Waals surface area contributed by atoms with E-state index in [9.17, 15) is 4.79 Å². The molecule has 2 aromatic heterocycles. The Hall–Kier alpha value is -2.96. The van der Waals surface area contributed by atoms with Gasteiger partial charge in [-0.05, 0) is 18.8 Å². The summed E-state index contributed by atoms with van der Waals surface area (Å²) in [5, 5.41) is 7.49. The van der Waals surface area contributed by atoms with Gasteiger partial charge in [-0.15, -0.1) is 0 Å². The minimum Gasteiger partial charge on any atom is -0.351 e. The van der Waals surface area contributed by atoms with E-state index >= 15 is 0 Å². The third kappa shape index (κ3) is 3.83. The zero-order valence-electron chi connectivity index (χ0n) is 16.4. The van der Waals surface area contributed by atoms with Crippen LogP contribution >= 0.6 is 0 Å². The Balaban J connectivity index is 1.54. The number of H-pyrrole nitrogens is 1. The number of benzene rings is 1. The highest BCUT2D eigenvalue weighted by atomic mass is 16.1. The second-order valence-corrected chi connectivity index (χ2v) is 7.80. The summed E-state index contributed by atoms with van der Waals surface area (Å²) >= 11 is 0. The van der Waals surface area contributed by atoms with Crippen LogP contribution in [-0.4, -0.2) is 37.8 Å². The molecule has 0 unspecified atom stereocenters.